The van der Waals surface area contributed by atoms with E-state index in [9.17, 15) is 14.9 Å². The van der Waals surface area contributed by atoms with E-state index < -0.39 is 0 Å². The number of esters is 1. The number of non-ortho nitro benzene ring substituents is 1. The summed E-state index contributed by atoms with van der Waals surface area (Å²) in [4.78, 5) is 22.7. The molecule has 188 valence electrons. The van der Waals surface area contributed by atoms with Crippen LogP contribution in [-0.2, 0) is 9.53 Å². The second-order valence-corrected chi connectivity index (χ2v) is 12.6. The average Bonchev–Trinajstić information content (AvgIpc) is 3.11. The Morgan fingerprint density at radius 1 is 1.20 bits per heavy atom. The summed E-state index contributed by atoms with van der Waals surface area (Å²) < 4.78 is 5.61. The van der Waals surface area contributed by atoms with Crippen molar-refractivity contribution in [2.24, 2.45) is 34.5 Å². The van der Waals surface area contributed by atoms with Gasteiger partial charge in [0.2, 0.25) is 0 Å². The van der Waals surface area contributed by atoms with Crippen LogP contribution in [-0.4, -0.2) is 23.0 Å². The normalized spacial score (nSPS) is 43.3. The molecule has 35 heavy (non-hydrogen) atoms. The second-order valence-electron chi connectivity index (χ2n) is 12.6. The molecular formula is C29H38N2O4. The number of hydrogen-bond acceptors (Lipinski definition) is 5. The monoisotopic (exact) mass is 478 g/mol. The van der Waals surface area contributed by atoms with E-state index in [-0.39, 0.29) is 33.5 Å². The van der Waals surface area contributed by atoms with E-state index in [0.29, 0.717) is 35.6 Å². The average molecular weight is 479 g/mol. The lowest BCUT2D eigenvalue weighted by Gasteiger charge is -2.58. The predicted molar refractivity (Wildman–Crippen MR) is 135 cm³/mol. The number of rotatable bonds is 2. The van der Waals surface area contributed by atoms with Gasteiger partial charge >= 0.3 is 5.97 Å². The lowest BCUT2D eigenvalue weighted by atomic mass is 9.47. The number of ether oxygens (including phenoxy) is 1. The minimum atomic E-state index is -0.272. The van der Waals surface area contributed by atoms with Gasteiger partial charge in [-0.15, -0.1) is 0 Å². The molecule has 1 aliphatic heterocycles. The van der Waals surface area contributed by atoms with Crippen molar-refractivity contribution < 1.29 is 14.5 Å². The molecule has 5 aliphatic rings. The summed E-state index contributed by atoms with van der Waals surface area (Å²) >= 11 is 0. The maximum Gasteiger partial charge on any atom is 0.302 e. The molecule has 0 spiro atoms. The molecular weight excluding hydrogens is 440 g/mol. The molecule has 9 atom stereocenters. The highest BCUT2D eigenvalue weighted by Crippen LogP contribution is 2.69. The number of carbonyl (C=O) groups excluding carboxylic acids is 1. The SMILES string of the molecule is CC(=O)O[C@H]1CC[C@@]2(C)C(=CC[C@H]3[C@@H]4C[C@H]5Nc6ccc([N+](=O)[O-])cc6[C@@H](C)[C@@H]5[C@@]4(C)CC[C@@H]32)C1. The first kappa shape index (κ1) is 23.1. The molecule has 6 nitrogen and oxygen atoms in total. The van der Waals surface area contributed by atoms with Crippen LogP contribution in [0.25, 0.3) is 0 Å². The maximum absolute atomic E-state index is 11.5. The summed E-state index contributed by atoms with van der Waals surface area (Å²) in [6.45, 7) is 8.84. The van der Waals surface area contributed by atoms with Crippen LogP contribution in [0.2, 0.25) is 0 Å². The minimum absolute atomic E-state index is 0.0409. The second kappa shape index (κ2) is 7.81. The molecule has 3 fully saturated rings. The largest absolute Gasteiger partial charge is 0.462 e. The number of carbonyl (C=O) groups is 1. The summed E-state index contributed by atoms with van der Waals surface area (Å²) in [7, 11) is 0. The van der Waals surface area contributed by atoms with Crippen molar-refractivity contribution >= 4 is 17.3 Å². The molecule has 0 amide bonds. The predicted octanol–water partition coefficient (Wildman–Crippen LogP) is 6.61. The molecule has 1 aromatic carbocycles. The van der Waals surface area contributed by atoms with Gasteiger partial charge in [0.25, 0.3) is 5.69 Å². The lowest BCUT2D eigenvalue weighted by Crippen LogP contribution is -2.51. The van der Waals surface area contributed by atoms with Gasteiger partial charge in [0.15, 0.2) is 0 Å². The third-order valence-corrected chi connectivity index (χ3v) is 11.1. The smallest absolute Gasteiger partial charge is 0.302 e. The van der Waals surface area contributed by atoms with Crippen LogP contribution < -0.4 is 5.32 Å². The van der Waals surface area contributed by atoms with Crippen molar-refractivity contribution in [3.63, 3.8) is 0 Å². The number of fused-ring (bicyclic) bond motifs is 8. The molecule has 0 bridgehead atoms. The zero-order valence-corrected chi connectivity index (χ0v) is 21.4. The van der Waals surface area contributed by atoms with Crippen molar-refractivity contribution in [2.75, 3.05) is 5.32 Å². The molecule has 4 aliphatic carbocycles. The molecule has 6 heteroatoms. The molecule has 0 saturated heterocycles. The number of nitro benzene ring substituents is 1. The third kappa shape index (κ3) is 3.31. The van der Waals surface area contributed by atoms with Crippen molar-refractivity contribution in [3.05, 3.63) is 45.5 Å². The van der Waals surface area contributed by atoms with Gasteiger partial charge in [-0.05, 0) is 90.6 Å². The summed E-state index contributed by atoms with van der Waals surface area (Å²) in [6, 6.07) is 5.81. The lowest BCUT2D eigenvalue weighted by molar-refractivity contribution is -0.384. The number of hydrogen-bond donors (Lipinski definition) is 1. The quantitative estimate of drug-likeness (QED) is 0.224. The van der Waals surface area contributed by atoms with E-state index in [1.165, 1.54) is 31.8 Å². The molecule has 1 N–H and O–H groups in total. The van der Waals surface area contributed by atoms with E-state index in [2.05, 4.69) is 32.2 Å². The van der Waals surface area contributed by atoms with E-state index in [0.717, 1.165) is 36.9 Å². The Labute approximate surface area is 208 Å². The summed E-state index contributed by atoms with van der Waals surface area (Å²) in [5.41, 5.74) is 4.40. The number of nitro groups is 1. The molecule has 0 aromatic heterocycles. The highest BCUT2D eigenvalue weighted by molar-refractivity contribution is 5.66. The van der Waals surface area contributed by atoms with Crippen LogP contribution in [0.4, 0.5) is 11.4 Å². The molecule has 3 saturated carbocycles. The fraction of sp³-hybridized carbons (Fsp3) is 0.690. The van der Waals surface area contributed by atoms with Gasteiger partial charge in [-0.25, -0.2) is 0 Å². The minimum Gasteiger partial charge on any atom is -0.462 e. The fourth-order valence-electron chi connectivity index (χ4n) is 9.68. The van der Waals surface area contributed by atoms with E-state index in [1.807, 2.05) is 12.1 Å². The van der Waals surface area contributed by atoms with Crippen molar-refractivity contribution in [3.8, 4) is 0 Å². The van der Waals surface area contributed by atoms with Gasteiger partial charge in [0.05, 0.1) is 4.92 Å². The Morgan fingerprint density at radius 2 is 2.00 bits per heavy atom. The zero-order chi connectivity index (χ0) is 24.7. The first-order chi connectivity index (χ1) is 16.6. The molecule has 1 heterocycles. The first-order valence-corrected chi connectivity index (χ1v) is 13.5. The highest BCUT2D eigenvalue weighted by Gasteiger charge is 2.63. The Bertz CT molecular complexity index is 1110. The van der Waals surface area contributed by atoms with Gasteiger partial charge in [0.1, 0.15) is 6.10 Å². The summed E-state index contributed by atoms with van der Waals surface area (Å²) in [6.07, 6.45) is 10.3. The zero-order valence-electron chi connectivity index (χ0n) is 21.4. The molecule has 0 unspecified atom stereocenters. The number of nitrogens with one attached hydrogen (secondary N) is 1. The van der Waals surface area contributed by atoms with Crippen LogP contribution in [0, 0.1) is 44.6 Å². The Hall–Kier alpha value is -2.37. The molecule has 0 radical (unpaired) electrons. The van der Waals surface area contributed by atoms with Crippen LogP contribution >= 0.6 is 0 Å². The topological polar surface area (TPSA) is 81.5 Å². The van der Waals surface area contributed by atoms with E-state index in [4.69, 9.17) is 4.74 Å². The van der Waals surface area contributed by atoms with Crippen molar-refractivity contribution in [1.82, 2.24) is 0 Å². The standard InChI is InChI=1S/C29H38N2O4/c1-16-22-14-19(31(33)34)6-8-25(22)30-26-15-24-21-7-5-18-13-20(35-17(2)32)9-11-28(18,3)23(21)10-12-29(24,4)27(16)26/h5-6,8,14,16,20-21,23-24,26-27,30H,7,9-13,15H2,1-4H3/t16-,20+,21-,23+,24+,26-,27+,28+,29+/m1/s1. The number of nitrogens with zero attached hydrogens (tertiary/aromatic N) is 1. The highest BCUT2D eigenvalue weighted by atomic mass is 16.6. The van der Waals surface area contributed by atoms with Gasteiger partial charge < -0.3 is 10.1 Å². The number of allylic oxidation sites excluding steroid dienone is 1. The van der Waals surface area contributed by atoms with Gasteiger partial charge in [-0.3, -0.25) is 14.9 Å². The number of anilines is 1. The van der Waals surface area contributed by atoms with Crippen LogP contribution in [0.1, 0.15) is 84.1 Å². The van der Waals surface area contributed by atoms with Crippen molar-refractivity contribution in [1.29, 1.82) is 0 Å². The van der Waals surface area contributed by atoms with Gasteiger partial charge in [0, 0.05) is 37.2 Å². The van der Waals surface area contributed by atoms with E-state index >= 15 is 0 Å². The Balaban J connectivity index is 1.29. The van der Waals surface area contributed by atoms with Crippen molar-refractivity contribution in [2.45, 2.75) is 90.7 Å². The van der Waals surface area contributed by atoms with Gasteiger partial charge in [-0.1, -0.05) is 32.4 Å². The maximum atomic E-state index is 11.5. The van der Waals surface area contributed by atoms with Crippen LogP contribution in [0.5, 0.6) is 0 Å². The van der Waals surface area contributed by atoms with Gasteiger partial charge in [-0.2, -0.15) is 0 Å². The summed E-state index contributed by atoms with van der Waals surface area (Å²) in [5.74, 6) is 2.69. The molecule has 6 rings (SSSR count). The summed E-state index contributed by atoms with van der Waals surface area (Å²) in [5, 5.41) is 15.3. The third-order valence-electron chi connectivity index (χ3n) is 11.1. The van der Waals surface area contributed by atoms with Crippen LogP contribution in [0.15, 0.2) is 29.8 Å². The Kier molecular flexibility index (Phi) is 5.15. The Morgan fingerprint density at radius 3 is 2.74 bits per heavy atom. The molecule has 1 aromatic rings. The number of benzene rings is 1. The first-order valence-electron chi connectivity index (χ1n) is 13.5. The van der Waals surface area contributed by atoms with Crippen LogP contribution in [0.3, 0.4) is 0 Å². The van der Waals surface area contributed by atoms with E-state index in [1.54, 1.807) is 6.07 Å². The fourth-order valence-corrected chi connectivity index (χ4v) is 9.68.